The largest absolute Gasteiger partial charge is 0.497 e. The molecule has 3 heterocycles. The summed E-state index contributed by atoms with van der Waals surface area (Å²) >= 11 is 0. The van der Waals surface area contributed by atoms with Gasteiger partial charge in [0.25, 0.3) is 11.8 Å². The molecule has 1 aliphatic heterocycles. The van der Waals surface area contributed by atoms with Crippen LogP contribution in [0.3, 0.4) is 0 Å². The third-order valence-electron chi connectivity index (χ3n) is 4.62. The van der Waals surface area contributed by atoms with Crippen molar-refractivity contribution in [3.8, 4) is 5.75 Å². The zero-order chi connectivity index (χ0) is 19.5. The van der Waals surface area contributed by atoms with Crippen molar-refractivity contribution < 1.29 is 14.3 Å². The minimum atomic E-state index is -0.326. The van der Waals surface area contributed by atoms with Crippen LogP contribution in [0.2, 0.25) is 0 Å². The third-order valence-corrected chi connectivity index (χ3v) is 4.62. The number of methoxy groups -OCH3 is 1. The van der Waals surface area contributed by atoms with Crippen molar-refractivity contribution in [1.29, 1.82) is 0 Å². The SMILES string of the molecule is COc1ccc(C2Cn3cc(C(=O)NCc4ccncc4)nc3C(=O)N2)cc1. The number of benzene rings is 1. The Balaban J connectivity index is 1.48. The van der Waals surface area contributed by atoms with Crippen molar-refractivity contribution >= 4 is 11.8 Å². The molecule has 4 rings (SSSR count). The maximum Gasteiger partial charge on any atom is 0.287 e. The molecule has 0 saturated heterocycles. The second-order valence-corrected chi connectivity index (χ2v) is 6.44. The van der Waals surface area contributed by atoms with Crippen LogP contribution in [0.5, 0.6) is 5.75 Å². The van der Waals surface area contributed by atoms with Crippen molar-refractivity contribution in [1.82, 2.24) is 25.2 Å². The van der Waals surface area contributed by atoms with Crippen molar-refractivity contribution in [2.45, 2.75) is 19.1 Å². The molecule has 1 unspecified atom stereocenters. The van der Waals surface area contributed by atoms with Gasteiger partial charge in [-0.2, -0.15) is 0 Å². The zero-order valence-corrected chi connectivity index (χ0v) is 15.3. The molecule has 8 nitrogen and oxygen atoms in total. The van der Waals surface area contributed by atoms with Gasteiger partial charge in [0, 0.05) is 31.7 Å². The predicted molar refractivity (Wildman–Crippen MR) is 101 cm³/mol. The van der Waals surface area contributed by atoms with Gasteiger partial charge in [0.15, 0.2) is 5.82 Å². The molecular weight excluding hydrogens is 358 g/mol. The molecule has 3 aromatic rings. The van der Waals surface area contributed by atoms with E-state index in [1.165, 1.54) is 0 Å². The van der Waals surface area contributed by atoms with Crippen molar-refractivity contribution in [2.24, 2.45) is 0 Å². The fraction of sp³-hybridized carbons (Fsp3) is 0.200. The normalized spacial score (nSPS) is 15.5. The summed E-state index contributed by atoms with van der Waals surface area (Å²) in [5.41, 5.74) is 2.11. The number of fused-ring (bicyclic) bond motifs is 1. The van der Waals surface area contributed by atoms with Gasteiger partial charge in [-0.15, -0.1) is 0 Å². The summed E-state index contributed by atoms with van der Waals surface area (Å²) in [6.07, 6.45) is 4.95. The Morgan fingerprint density at radius 1 is 1.25 bits per heavy atom. The Hall–Kier alpha value is -3.68. The van der Waals surface area contributed by atoms with Crippen LogP contribution in [0, 0.1) is 0 Å². The maximum absolute atomic E-state index is 12.4. The van der Waals surface area contributed by atoms with Crippen LogP contribution in [-0.2, 0) is 13.1 Å². The van der Waals surface area contributed by atoms with Gasteiger partial charge in [0.05, 0.1) is 13.2 Å². The number of aromatic nitrogens is 3. The lowest BCUT2D eigenvalue weighted by Gasteiger charge is -2.25. The van der Waals surface area contributed by atoms with Gasteiger partial charge in [-0.25, -0.2) is 4.98 Å². The van der Waals surface area contributed by atoms with Crippen LogP contribution in [-0.4, -0.2) is 33.5 Å². The molecule has 0 fully saturated rings. The molecular formula is C20H19N5O3. The molecule has 0 aliphatic carbocycles. The number of nitrogens with one attached hydrogen (secondary N) is 2. The summed E-state index contributed by atoms with van der Waals surface area (Å²) in [7, 11) is 1.61. The quantitative estimate of drug-likeness (QED) is 0.705. The highest BCUT2D eigenvalue weighted by Crippen LogP contribution is 2.23. The van der Waals surface area contributed by atoms with E-state index in [0.717, 1.165) is 16.9 Å². The van der Waals surface area contributed by atoms with E-state index in [0.29, 0.717) is 13.1 Å². The first-order valence-electron chi connectivity index (χ1n) is 8.83. The van der Waals surface area contributed by atoms with E-state index in [-0.39, 0.29) is 29.4 Å². The van der Waals surface area contributed by atoms with E-state index in [2.05, 4.69) is 20.6 Å². The topological polar surface area (TPSA) is 98.1 Å². The van der Waals surface area contributed by atoms with E-state index in [1.807, 2.05) is 36.4 Å². The van der Waals surface area contributed by atoms with Crippen molar-refractivity contribution in [3.05, 3.63) is 77.6 Å². The summed E-state index contributed by atoms with van der Waals surface area (Å²) in [5.74, 6) is 0.356. The number of hydrogen-bond acceptors (Lipinski definition) is 5. The third kappa shape index (κ3) is 3.57. The van der Waals surface area contributed by atoms with Crippen LogP contribution in [0.25, 0.3) is 0 Å². The standard InChI is InChI=1S/C20H19N5O3/c1-28-15-4-2-14(3-5-15)16-11-25-12-17(23-18(25)20(27)24-16)19(26)22-10-13-6-8-21-9-7-13/h2-9,12,16H,10-11H2,1H3,(H,22,26)(H,24,27). The molecule has 28 heavy (non-hydrogen) atoms. The maximum atomic E-state index is 12.4. The summed E-state index contributed by atoms with van der Waals surface area (Å²) in [6, 6.07) is 11.0. The molecule has 2 N–H and O–H groups in total. The molecule has 2 amide bonds. The van der Waals surface area contributed by atoms with E-state index in [1.54, 1.807) is 30.3 Å². The smallest absolute Gasteiger partial charge is 0.287 e. The number of ether oxygens (including phenoxy) is 1. The first-order chi connectivity index (χ1) is 13.6. The molecule has 142 valence electrons. The van der Waals surface area contributed by atoms with Crippen LogP contribution in [0.15, 0.2) is 55.0 Å². The average Bonchev–Trinajstić information content (AvgIpc) is 3.18. The van der Waals surface area contributed by atoms with E-state index >= 15 is 0 Å². The first-order valence-corrected chi connectivity index (χ1v) is 8.83. The monoisotopic (exact) mass is 377 g/mol. The molecule has 0 radical (unpaired) electrons. The van der Waals surface area contributed by atoms with Crippen LogP contribution in [0.4, 0.5) is 0 Å². The van der Waals surface area contributed by atoms with Crippen LogP contribution in [0.1, 0.15) is 38.3 Å². The molecule has 0 bridgehead atoms. The summed E-state index contributed by atoms with van der Waals surface area (Å²) < 4.78 is 6.89. The Kier molecular flexibility index (Phi) is 4.76. The second kappa shape index (κ2) is 7.51. The van der Waals surface area contributed by atoms with E-state index in [4.69, 9.17) is 4.74 Å². The van der Waals surface area contributed by atoms with Gasteiger partial charge < -0.3 is 19.9 Å². The Bertz CT molecular complexity index is 998. The highest BCUT2D eigenvalue weighted by molar-refractivity contribution is 5.96. The summed E-state index contributed by atoms with van der Waals surface area (Å²) in [4.78, 5) is 33.0. The molecule has 2 aromatic heterocycles. The minimum absolute atomic E-state index is 0.201. The number of imidazole rings is 1. The fourth-order valence-electron chi connectivity index (χ4n) is 3.11. The van der Waals surface area contributed by atoms with Gasteiger partial charge in [-0.3, -0.25) is 14.6 Å². The Labute approximate surface area is 161 Å². The second-order valence-electron chi connectivity index (χ2n) is 6.44. The highest BCUT2D eigenvalue weighted by Gasteiger charge is 2.28. The van der Waals surface area contributed by atoms with Crippen LogP contribution < -0.4 is 15.4 Å². The lowest BCUT2D eigenvalue weighted by atomic mass is 10.1. The number of hydrogen-bond donors (Lipinski definition) is 2. The summed E-state index contributed by atoms with van der Waals surface area (Å²) in [6.45, 7) is 0.863. The average molecular weight is 377 g/mol. The molecule has 1 aliphatic rings. The molecule has 0 saturated carbocycles. The van der Waals surface area contributed by atoms with Crippen molar-refractivity contribution in [3.63, 3.8) is 0 Å². The van der Waals surface area contributed by atoms with Gasteiger partial charge in [-0.1, -0.05) is 12.1 Å². The highest BCUT2D eigenvalue weighted by atomic mass is 16.5. The number of nitrogens with zero attached hydrogens (tertiary/aromatic N) is 3. The Morgan fingerprint density at radius 2 is 2.00 bits per heavy atom. The van der Waals surface area contributed by atoms with Crippen LogP contribution >= 0.6 is 0 Å². The van der Waals surface area contributed by atoms with Gasteiger partial charge in [0.1, 0.15) is 11.4 Å². The molecule has 1 aromatic carbocycles. The predicted octanol–water partition coefficient (Wildman–Crippen LogP) is 1.70. The molecule has 0 spiro atoms. The van der Waals surface area contributed by atoms with E-state index in [9.17, 15) is 9.59 Å². The van der Waals surface area contributed by atoms with Gasteiger partial charge in [0.2, 0.25) is 0 Å². The van der Waals surface area contributed by atoms with Gasteiger partial charge in [-0.05, 0) is 35.4 Å². The van der Waals surface area contributed by atoms with E-state index < -0.39 is 0 Å². The fourth-order valence-corrected chi connectivity index (χ4v) is 3.11. The number of carbonyl (C=O) groups excluding carboxylic acids is 2. The molecule has 1 atom stereocenters. The number of amides is 2. The molecule has 8 heteroatoms. The minimum Gasteiger partial charge on any atom is -0.497 e. The summed E-state index contributed by atoms with van der Waals surface area (Å²) in [5, 5.41) is 5.74. The number of rotatable bonds is 5. The lowest BCUT2D eigenvalue weighted by Crippen LogP contribution is -2.38. The lowest BCUT2D eigenvalue weighted by molar-refractivity contribution is 0.0894. The zero-order valence-electron chi connectivity index (χ0n) is 15.3. The Morgan fingerprint density at radius 3 is 2.71 bits per heavy atom. The van der Waals surface area contributed by atoms with Crippen molar-refractivity contribution in [2.75, 3.05) is 7.11 Å². The number of pyridine rings is 1. The first kappa shape index (κ1) is 17.7. The van der Waals surface area contributed by atoms with Gasteiger partial charge >= 0.3 is 0 Å². The number of carbonyl (C=O) groups is 2.